The van der Waals surface area contributed by atoms with Gasteiger partial charge >= 0.3 is 0 Å². The third-order valence-corrected chi connectivity index (χ3v) is 3.18. The van der Waals surface area contributed by atoms with Crippen molar-refractivity contribution in [3.8, 4) is 0 Å². The van der Waals surface area contributed by atoms with E-state index >= 15 is 0 Å². The second kappa shape index (κ2) is 6.93. The minimum absolute atomic E-state index is 0.426. The van der Waals surface area contributed by atoms with E-state index in [0.29, 0.717) is 5.41 Å². The Labute approximate surface area is 112 Å². The van der Waals surface area contributed by atoms with Gasteiger partial charge in [-0.1, -0.05) is 27.7 Å². The summed E-state index contributed by atoms with van der Waals surface area (Å²) in [5.41, 5.74) is 1.74. The molecule has 0 aliphatic heterocycles. The van der Waals surface area contributed by atoms with Crippen molar-refractivity contribution in [3.05, 3.63) is 17.7 Å². The lowest BCUT2D eigenvalue weighted by molar-refractivity contribution is 0.351. The van der Waals surface area contributed by atoms with Crippen molar-refractivity contribution < 1.29 is 0 Å². The summed E-state index contributed by atoms with van der Waals surface area (Å²) in [6.45, 7) is 14.3. The van der Waals surface area contributed by atoms with Crippen LogP contribution in [0.2, 0.25) is 0 Å². The normalized spacial score (nSPS) is 12.1. The molecule has 1 aromatic rings. The first-order valence-corrected chi connectivity index (χ1v) is 7.16. The number of nitrogens with zero attached hydrogens (tertiary/aromatic N) is 2. The molecule has 0 saturated heterocycles. The molecule has 18 heavy (non-hydrogen) atoms. The Bertz CT molecular complexity index is 347. The van der Waals surface area contributed by atoms with Crippen LogP contribution in [0.1, 0.15) is 58.5 Å². The van der Waals surface area contributed by atoms with Crippen LogP contribution in [0.4, 0.5) is 0 Å². The summed E-state index contributed by atoms with van der Waals surface area (Å²) in [6.07, 6.45) is 5.67. The van der Waals surface area contributed by atoms with Gasteiger partial charge in [0.15, 0.2) is 0 Å². The maximum absolute atomic E-state index is 4.43. The van der Waals surface area contributed by atoms with E-state index in [9.17, 15) is 0 Å². The van der Waals surface area contributed by atoms with Gasteiger partial charge in [-0.25, -0.2) is 4.98 Å². The summed E-state index contributed by atoms with van der Waals surface area (Å²) in [5.74, 6) is 1.14. The molecule has 0 saturated carbocycles. The molecule has 0 bridgehead atoms. The van der Waals surface area contributed by atoms with Crippen molar-refractivity contribution in [1.82, 2.24) is 14.9 Å². The number of rotatable bonds is 7. The summed E-state index contributed by atoms with van der Waals surface area (Å²) in [7, 11) is 0. The lowest BCUT2D eigenvalue weighted by Gasteiger charge is -2.19. The number of aromatic nitrogens is 2. The molecule has 1 rings (SSSR count). The minimum atomic E-state index is 0.426. The topological polar surface area (TPSA) is 29.9 Å². The Morgan fingerprint density at radius 1 is 1.33 bits per heavy atom. The number of aryl methyl sites for hydroxylation is 1. The number of hydrogen-bond donors (Lipinski definition) is 1. The fourth-order valence-corrected chi connectivity index (χ4v) is 2.12. The van der Waals surface area contributed by atoms with E-state index in [4.69, 9.17) is 0 Å². The van der Waals surface area contributed by atoms with Gasteiger partial charge in [0.1, 0.15) is 5.82 Å². The van der Waals surface area contributed by atoms with Gasteiger partial charge in [0.25, 0.3) is 0 Å². The first-order chi connectivity index (χ1) is 8.44. The van der Waals surface area contributed by atoms with Crippen molar-refractivity contribution in [2.75, 3.05) is 6.54 Å². The SMILES string of the molecule is CCCNCc1cnc(C)n1CCCC(C)(C)C. The second-order valence-corrected chi connectivity index (χ2v) is 6.29. The fraction of sp³-hybridized carbons (Fsp3) is 0.800. The van der Waals surface area contributed by atoms with Crippen LogP contribution in [0.5, 0.6) is 0 Å². The van der Waals surface area contributed by atoms with E-state index in [-0.39, 0.29) is 0 Å². The smallest absolute Gasteiger partial charge is 0.105 e. The third kappa shape index (κ3) is 5.21. The van der Waals surface area contributed by atoms with Crippen LogP contribution in [-0.2, 0) is 13.1 Å². The maximum atomic E-state index is 4.43. The highest BCUT2D eigenvalue weighted by Gasteiger charge is 2.11. The summed E-state index contributed by atoms with van der Waals surface area (Å²) < 4.78 is 2.36. The molecule has 1 aromatic heterocycles. The van der Waals surface area contributed by atoms with Gasteiger partial charge in [-0.2, -0.15) is 0 Å². The summed E-state index contributed by atoms with van der Waals surface area (Å²) in [6, 6.07) is 0. The van der Waals surface area contributed by atoms with Crippen molar-refractivity contribution in [2.24, 2.45) is 5.41 Å². The largest absolute Gasteiger partial charge is 0.331 e. The van der Waals surface area contributed by atoms with E-state index in [1.54, 1.807) is 0 Å². The van der Waals surface area contributed by atoms with Crippen LogP contribution in [0, 0.1) is 12.3 Å². The van der Waals surface area contributed by atoms with E-state index in [2.05, 4.69) is 49.5 Å². The van der Waals surface area contributed by atoms with Crippen molar-refractivity contribution >= 4 is 0 Å². The Kier molecular flexibility index (Phi) is 5.86. The molecular formula is C15H29N3. The quantitative estimate of drug-likeness (QED) is 0.751. The van der Waals surface area contributed by atoms with Crippen LogP contribution in [0.15, 0.2) is 6.20 Å². The van der Waals surface area contributed by atoms with Crippen LogP contribution in [-0.4, -0.2) is 16.1 Å². The molecule has 1 heterocycles. The minimum Gasteiger partial charge on any atom is -0.331 e. The lowest BCUT2D eigenvalue weighted by Crippen LogP contribution is -2.18. The van der Waals surface area contributed by atoms with Gasteiger partial charge in [0.05, 0.1) is 5.69 Å². The van der Waals surface area contributed by atoms with E-state index in [1.165, 1.54) is 25.0 Å². The van der Waals surface area contributed by atoms with E-state index < -0.39 is 0 Å². The van der Waals surface area contributed by atoms with Gasteiger partial charge in [-0.3, -0.25) is 0 Å². The molecule has 0 spiro atoms. The number of imidazole rings is 1. The molecule has 0 atom stereocenters. The summed E-state index contributed by atoms with van der Waals surface area (Å²) >= 11 is 0. The molecule has 0 fully saturated rings. The molecule has 1 N–H and O–H groups in total. The zero-order valence-electron chi connectivity index (χ0n) is 12.7. The maximum Gasteiger partial charge on any atom is 0.105 e. The van der Waals surface area contributed by atoms with Crippen LogP contribution in [0.3, 0.4) is 0 Å². The van der Waals surface area contributed by atoms with E-state index in [0.717, 1.165) is 25.5 Å². The predicted molar refractivity (Wildman–Crippen MR) is 77.7 cm³/mol. The molecule has 0 aliphatic rings. The monoisotopic (exact) mass is 251 g/mol. The summed E-state index contributed by atoms with van der Waals surface area (Å²) in [4.78, 5) is 4.43. The molecule has 3 heteroatoms. The lowest BCUT2D eigenvalue weighted by atomic mass is 9.90. The molecule has 104 valence electrons. The highest BCUT2D eigenvalue weighted by molar-refractivity contribution is 5.04. The Hall–Kier alpha value is -0.830. The highest BCUT2D eigenvalue weighted by Crippen LogP contribution is 2.21. The van der Waals surface area contributed by atoms with Crippen molar-refractivity contribution in [2.45, 2.75) is 67.0 Å². The van der Waals surface area contributed by atoms with Gasteiger partial charge in [-0.05, 0) is 38.1 Å². The van der Waals surface area contributed by atoms with Gasteiger partial charge in [0, 0.05) is 19.3 Å². The first kappa shape index (κ1) is 15.2. The van der Waals surface area contributed by atoms with Gasteiger partial charge in [-0.15, -0.1) is 0 Å². The predicted octanol–water partition coefficient (Wildman–Crippen LogP) is 3.52. The van der Waals surface area contributed by atoms with Crippen LogP contribution < -0.4 is 5.32 Å². The van der Waals surface area contributed by atoms with Gasteiger partial charge in [0.2, 0.25) is 0 Å². The van der Waals surface area contributed by atoms with Crippen LogP contribution in [0.25, 0.3) is 0 Å². The van der Waals surface area contributed by atoms with E-state index in [1.807, 2.05) is 6.20 Å². The molecular weight excluding hydrogens is 222 g/mol. The Balaban J connectivity index is 2.50. The van der Waals surface area contributed by atoms with Gasteiger partial charge < -0.3 is 9.88 Å². The zero-order chi connectivity index (χ0) is 13.6. The standard InChI is InChI=1S/C15H29N3/c1-6-9-16-11-14-12-17-13(2)18(14)10-7-8-15(3,4)5/h12,16H,6-11H2,1-5H3. The fourth-order valence-electron chi connectivity index (χ4n) is 2.12. The third-order valence-electron chi connectivity index (χ3n) is 3.18. The molecule has 0 unspecified atom stereocenters. The molecule has 0 amide bonds. The molecule has 3 nitrogen and oxygen atoms in total. The van der Waals surface area contributed by atoms with Crippen molar-refractivity contribution in [1.29, 1.82) is 0 Å². The molecule has 0 aromatic carbocycles. The zero-order valence-corrected chi connectivity index (χ0v) is 12.7. The Morgan fingerprint density at radius 3 is 2.67 bits per heavy atom. The first-order valence-electron chi connectivity index (χ1n) is 7.16. The highest BCUT2D eigenvalue weighted by atomic mass is 15.1. The number of nitrogens with one attached hydrogen (secondary N) is 1. The average molecular weight is 251 g/mol. The second-order valence-electron chi connectivity index (χ2n) is 6.29. The van der Waals surface area contributed by atoms with Crippen LogP contribution >= 0.6 is 0 Å². The molecule has 0 aliphatic carbocycles. The van der Waals surface area contributed by atoms with Crippen molar-refractivity contribution in [3.63, 3.8) is 0 Å². The number of hydrogen-bond acceptors (Lipinski definition) is 2. The molecule has 0 radical (unpaired) electrons. The summed E-state index contributed by atoms with van der Waals surface area (Å²) in [5, 5.41) is 3.45. The average Bonchev–Trinajstić information content (AvgIpc) is 2.60. The Morgan fingerprint density at radius 2 is 2.06 bits per heavy atom.